The Balaban J connectivity index is 1.90. The third-order valence-corrected chi connectivity index (χ3v) is 4.02. The van der Waals surface area contributed by atoms with E-state index in [-0.39, 0.29) is 5.56 Å². The maximum atomic E-state index is 12.9. The van der Waals surface area contributed by atoms with Gasteiger partial charge in [-0.15, -0.1) is 0 Å². The van der Waals surface area contributed by atoms with Crippen LogP contribution < -0.4 is 15.0 Å². The third kappa shape index (κ3) is 3.85. The number of rotatable bonds is 3. The van der Waals surface area contributed by atoms with E-state index in [1.54, 1.807) is 6.07 Å². The van der Waals surface area contributed by atoms with Gasteiger partial charge in [0.05, 0.1) is 25.3 Å². The van der Waals surface area contributed by atoms with Crippen LogP contribution in [-0.4, -0.2) is 23.6 Å². The molecule has 1 aromatic carbocycles. The summed E-state index contributed by atoms with van der Waals surface area (Å²) in [7, 11) is 0. The zero-order chi connectivity index (χ0) is 18.9. The minimum absolute atomic E-state index is 0.190. The molecule has 1 aromatic heterocycles. The number of hydrogen-bond donors (Lipinski definition) is 0. The maximum Gasteiger partial charge on any atom is 0.417 e. The van der Waals surface area contributed by atoms with Crippen LogP contribution in [0.5, 0.6) is 11.5 Å². The van der Waals surface area contributed by atoms with Crippen molar-refractivity contribution in [3.63, 3.8) is 0 Å². The van der Waals surface area contributed by atoms with Gasteiger partial charge in [-0.2, -0.15) is 13.2 Å². The Labute approximate surface area is 150 Å². The van der Waals surface area contributed by atoms with Gasteiger partial charge in [-0.3, -0.25) is 9.59 Å². The largest absolute Gasteiger partial charge is 0.490 e. The molecular formula is C17H13ClF3NO4. The molecule has 26 heavy (non-hydrogen) atoms. The van der Waals surface area contributed by atoms with Crippen molar-refractivity contribution in [2.45, 2.75) is 19.1 Å². The molecular weight excluding hydrogens is 375 g/mol. The average molecular weight is 388 g/mol. The van der Waals surface area contributed by atoms with Gasteiger partial charge in [0.15, 0.2) is 17.3 Å². The molecule has 0 spiro atoms. The Morgan fingerprint density at radius 2 is 1.85 bits per heavy atom. The average Bonchev–Trinajstić information content (AvgIpc) is 2.82. The van der Waals surface area contributed by atoms with Crippen molar-refractivity contribution in [2.75, 3.05) is 13.2 Å². The SMILES string of the molecule is O=C(Cn1cc(C(F)(F)F)cc(Cl)c1=O)c1ccc2c(c1)OCCCO2. The molecule has 1 aliphatic heterocycles. The Kier molecular flexibility index (Phi) is 4.95. The molecule has 0 saturated carbocycles. The predicted octanol–water partition coefficient (Wildman–Crippen LogP) is 3.56. The normalized spacial score (nSPS) is 14.0. The first-order chi connectivity index (χ1) is 12.3. The number of hydrogen-bond acceptors (Lipinski definition) is 4. The number of aromatic nitrogens is 1. The molecule has 1 aliphatic rings. The van der Waals surface area contributed by atoms with Crippen LogP contribution in [0.4, 0.5) is 13.2 Å². The third-order valence-electron chi connectivity index (χ3n) is 3.75. The van der Waals surface area contributed by atoms with E-state index < -0.39 is 34.6 Å². The molecule has 0 radical (unpaired) electrons. The van der Waals surface area contributed by atoms with Gasteiger partial charge in [-0.25, -0.2) is 0 Å². The molecule has 138 valence electrons. The summed E-state index contributed by atoms with van der Waals surface area (Å²) in [5.74, 6) is 0.305. The number of ketones is 1. The van der Waals surface area contributed by atoms with Gasteiger partial charge in [0.1, 0.15) is 5.02 Å². The lowest BCUT2D eigenvalue weighted by Crippen LogP contribution is -2.26. The fourth-order valence-electron chi connectivity index (χ4n) is 2.45. The second-order valence-electron chi connectivity index (χ2n) is 5.64. The molecule has 9 heteroatoms. The fraction of sp³-hybridized carbons (Fsp3) is 0.294. The topological polar surface area (TPSA) is 57.5 Å². The number of nitrogens with zero attached hydrogens (tertiary/aromatic N) is 1. The van der Waals surface area contributed by atoms with Gasteiger partial charge in [0.2, 0.25) is 0 Å². The molecule has 3 rings (SSSR count). The van der Waals surface area contributed by atoms with Crippen molar-refractivity contribution in [2.24, 2.45) is 0 Å². The highest BCUT2D eigenvalue weighted by atomic mass is 35.5. The van der Waals surface area contributed by atoms with Crippen LogP contribution in [0.1, 0.15) is 22.3 Å². The molecule has 0 N–H and O–H groups in total. The Morgan fingerprint density at radius 1 is 1.15 bits per heavy atom. The fourth-order valence-corrected chi connectivity index (χ4v) is 2.68. The Bertz CT molecular complexity index is 908. The zero-order valence-electron chi connectivity index (χ0n) is 13.3. The van der Waals surface area contributed by atoms with E-state index >= 15 is 0 Å². The summed E-state index contributed by atoms with van der Waals surface area (Å²) >= 11 is 5.59. The highest BCUT2D eigenvalue weighted by Crippen LogP contribution is 2.31. The maximum absolute atomic E-state index is 12.9. The van der Waals surface area contributed by atoms with E-state index in [1.165, 1.54) is 12.1 Å². The summed E-state index contributed by atoms with van der Waals surface area (Å²) in [6.45, 7) is 0.327. The second-order valence-corrected chi connectivity index (χ2v) is 6.05. The molecule has 2 aromatic rings. The number of Topliss-reactive ketones (excluding diaryl/α,β-unsaturated/α-hetero) is 1. The van der Waals surface area contributed by atoms with Crippen LogP contribution in [0.2, 0.25) is 5.02 Å². The van der Waals surface area contributed by atoms with Crippen molar-refractivity contribution in [3.05, 3.63) is 57.0 Å². The molecule has 2 heterocycles. The number of ether oxygens (including phenoxy) is 2. The molecule has 0 atom stereocenters. The van der Waals surface area contributed by atoms with Gasteiger partial charge in [-0.1, -0.05) is 11.6 Å². The van der Waals surface area contributed by atoms with E-state index in [9.17, 15) is 22.8 Å². The Morgan fingerprint density at radius 3 is 2.54 bits per heavy atom. The van der Waals surface area contributed by atoms with E-state index in [1.807, 2.05) is 0 Å². The van der Waals surface area contributed by atoms with Crippen molar-refractivity contribution in [1.82, 2.24) is 4.57 Å². The summed E-state index contributed by atoms with van der Waals surface area (Å²) in [5, 5.41) is -0.605. The monoisotopic (exact) mass is 387 g/mol. The predicted molar refractivity (Wildman–Crippen MR) is 87.1 cm³/mol. The minimum Gasteiger partial charge on any atom is -0.490 e. The zero-order valence-corrected chi connectivity index (χ0v) is 14.1. The molecule has 0 aliphatic carbocycles. The number of halogens is 4. The number of benzene rings is 1. The van der Waals surface area contributed by atoms with Crippen LogP contribution in [0.25, 0.3) is 0 Å². The van der Waals surface area contributed by atoms with Crippen molar-refractivity contribution >= 4 is 17.4 Å². The molecule has 0 saturated heterocycles. The van der Waals surface area contributed by atoms with Crippen LogP contribution in [-0.2, 0) is 12.7 Å². The number of carbonyl (C=O) groups excluding carboxylic acids is 1. The Hall–Kier alpha value is -2.48. The van der Waals surface area contributed by atoms with Gasteiger partial charge in [0.25, 0.3) is 5.56 Å². The lowest BCUT2D eigenvalue weighted by molar-refractivity contribution is -0.138. The summed E-state index contributed by atoms with van der Waals surface area (Å²) < 4.78 is 50.2. The van der Waals surface area contributed by atoms with Gasteiger partial charge in [0, 0.05) is 18.2 Å². The summed E-state index contributed by atoms with van der Waals surface area (Å²) in [4.78, 5) is 24.4. The number of fused-ring (bicyclic) bond motifs is 1. The first-order valence-electron chi connectivity index (χ1n) is 7.66. The summed E-state index contributed by atoms with van der Waals surface area (Å²) in [6.07, 6.45) is -3.41. The first kappa shape index (κ1) is 18.3. The second kappa shape index (κ2) is 7.03. The van der Waals surface area contributed by atoms with E-state index in [0.717, 1.165) is 0 Å². The van der Waals surface area contributed by atoms with Crippen molar-refractivity contribution in [1.29, 1.82) is 0 Å². The molecule has 0 unspecified atom stereocenters. The highest BCUT2D eigenvalue weighted by molar-refractivity contribution is 6.30. The lowest BCUT2D eigenvalue weighted by atomic mass is 10.1. The summed E-state index contributed by atoms with van der Waals surface area (Å²) in [5.41, 5.74) is -1.79. The van der Waals surface area contributed by atoms with Gasteiger partial charge in [-0.05, 0) is 24.3 Å². The highest BCUT2D eigenvalue weighted by Gasteiger charge is 2.32. The molecule has 5 nitrogen and oxygen atoms in total. The lowest BCUT2D eigenvalue weighted by Gasteiger charge is -2.12. The quantitative estimate of drug-likeness (QED) is 0.756. The van der Waals surface area contributed by atoms with Crippen LogP contribution in [0.15, 0.2) is 35.3 Å². The molecule has 0 amide bonds. The van der Waals surface area contributed by atoms with Crippen molar-refractivity contribution in [3.8, 4) is 11.5 Å². The van der Waals surface area contributed by atoms with E-state index in [4.69, 9.17) is 21.1 Å². The van der Waals surface area contributed by atoms with Gasteiger partial charge >= 0.3 is 6.18 Å². The standard InChI is InChI=1S/C17H13ClF3NO4/c18-12-7-11(17(19,20)21)8-22(16(12)24)9-13(23)10-2-3-14-15(6-10)26-5-1-4-25-14/h2-3,6-8H,1,4-5,9H2. The van der Waals surface area contributed by atoms with Crippen molar-refractivity contribution < 1.29 is 27.4 Å². The van der Waals surface area contributed by atoms with E-state index in [2.05, 4.69) is 0 Å². The number of alkyl halides is 3. The number of pyridine rings is 1. The van der Waals surface area contributed by atoms with Gasteiger partial charge < -0.3 is 14.0 Å². The van der Waals surface area contributed by atoms with Crippen LogP contribution in [0.3, 0.4) is 0 Å². The number of carbonyl (C=O) groups is 1. The first-order valence-corrected chi connectivity index (χ1v) is 8.03. The smallest absolute Gasteiger partial charge is 0.417 e. The summed E-state index contributed by atoms with van der Waals surface area (Å²) in [6, 6.07) is 5.01. The minimum atomic E-state index is -4.68. The molecule has 0 fully saturated rings. The van der Waals surface area contributed by atoms with Crippen LogP contribution in [0, 0.1) is 0 Å². The van der Waals surface area contributed by atoms with Crippen LogP contribution >= 0.6 is 11.6 Å². The molecule has 0 bridgehead atoms. The van der Waals surface area contributed by atoms with E-state index in [0.29, 0.717) is 48.0 Å².